The van der Waals surface area contributed by atoms with Crippen LogP contribution in [0.5, 0.6) is 11.5 Å². The molecule has 4 rings (SSSR count). The maximum absolute atomic E-state index is 9.78. The molecule has 2 aromatic heterocycles. The molecule has 0 unspecified atom stereocenters. The Morgan fingerprint density at radius 1 is 0.810 bits per heavy atom. The van der Waals surface area contributed by atoms with Gasteiger partial charge >= 0.3 is 110 Å². The van der Waals surface area contributed by atoms with Gasteiger partial charge in [-0.1, -0.05) is 56.3 Å². The molecule has 2 aromatic carbocycles. The predicted molar refractivity (Wildman–Crippen MR) is 168 cm³/mol. The van der Waals surface area contributed by atoms with E-state index >= 15 is 0 Å². The molecule has 218 valence electrons. The first-order valence-corrected chi connectivity index (χ1v) is 13.1. The number of para-hydroxylation sites is 2. The third kappa shape index (κ3) is 18.3. The summed E-state index contributed by atoms with van der Waals surface area (Å²) in [6.07, 6.45) is 3.40. The van der Waals surface area contributed by atoms with Crippen molar-refractivity contribution in [3.05, 3.63) is 96.7 Å². The zero-order valence-corrected chi connectivity index (χ0v) is 33.4. The number of hydrogen-bond acceptors (Lipinski definition) is 9. The standard InChI is InChI=1S/C11H7BrClNO.C6H6BClO3.C5H3Br2N.CH2O3.2CH4.2K.H/c12-8-4-2-6-14-10(8)7-3-1-5-9(13)11(7)15;8-5-3-1-2-4(6(5)9)7(10)11;6-4-2-1-3-8-5(4)7;2-1-4-3;;;;;/h1-6,15H;1-3,9-11H;1-3H;1,3H;2*1H4;;;/q;;;;;;2*+1;-1/p-1. The van der Waals surface area contributed by atoms with Crippen LogP contribution >= 0.6 is 71.0 Å². The molecule has 0 saturated heterocycles. The minimum atomic E-state index is -1.69. The van der Waals surface area contributed by atoms with Crippen LogP contribution in [0.4, 0.5) is 0 Å². The van der Waals surface area contributed by atoms with Gasteiger partial charge in [0.2, 0.25) is 0 Å². The number of carbonyl (C=O) groups is 1. The summed E-state index contributed by atoms with van der Waals surface area (Å²) in [6, 6.07) is 17.0. The first kappa shape index (κ1) is 49.9. The summed E-state index contributed by atoms with van der Waals surface area (Å²) in [5.74, 6) is -0.234. The van der Waals surface area contributed by atoms with E-state index in [4.69, 9.17) is 48.4 Å². The minimum absolute atomic E-state index is 0. The Hall–Kier alpha value is 1.05. The third-order valence-corrected chi connectivity index (χ3v) is 7.10. The van der Waals surface area contributed by atoms with E-state index in [1.165, 1.54) is 18.2 Å². The smallest absolute Gasteiger partial charge is 1.00 e. The largest absolute Gasteiger partial charge is 1.00 e. The summed E-state index contributed by atoms with van der Waals surface area (Å²) < 4.78 is 2.66. The second-order valence-electron chi connectivity index (χ2n) is 6.49. The fourth-order valence-corrected chi connectivity index (χ4v) is 3.73. The Morgan fingerprint density at radius 3 is 1.69 bits per heavy atom. The second kappa shape index (κ2) is 28.3. The quantitative estimate of drug-likeness (QED) is 0.0735. The number of hydrogen-bond donors (Lipinski definition) is 4. The summed E-state index contributed by atoms with van der Waals surface area (Å²) in [7, 11) is -1.69. The Labute approximate surface area is 367 Å². The molecule has 0 aliphatic heterocycles. The normalized spacial score (nSPS) is 8.48. The Morgan fingerprint density at radius 2 is 1.29 bits per heavy atom. The summed E-state index contributed by atoms with van der Waals surface area (Å²) >= 11 is 21.2. The average Bonchev–Trinajstić information content (AvgIpc) is 2.90. The molecule has 0 fully saturated rings. The van der Waals surface area contributed by atoms with E-state index < -0.39 is 7.12 Å². The third-order valence-electron chi connectivity index (χ3n) is 4.05. The van der Waals surface area contributed by atoms with Crippen molar-refractivity contribution in [2.45, 2.75) is 14.9 Å². The number of carbonyl (C=O) groups excluding carboxylic acids is 1. The first-order chi connectivity index (χ1) is 18.0. The molecule has 9 nitrogen and oxygen atoms in total. The molecule has 42 heavy (non-hydrogen) atoms. The van der Waals surface area contributed by atoms with Crippen LogP contribution in [-0.2, 0) is 9.68 Å². The first-order valence-electron chi connectivity index (χ1n) is 9.95. The Bertz CT molecular complexity index is 1320. The van der Waals surface area contributed by atoms with Crippen molar-refractivity contribution in [2.24, 2.45) is 0 Å². The molecule has 0 saturated carbocycles. The molecule has 0 amide bonds. The van der Waals surface area contributed by atoms with E-state index in [2.05, 4.69) is 62.6 Å². The second-order valence-corrected chi connectivity index (χ2v) is 9.76. The van der Waals surface area contributed by atoms with Gasteiger partial charge < -0.3 is 31.8 Å². The van der Waals surface area contributed by atoms with E-state index in [1.54, 1.807) is 30.6 Å². The van der Waals surface area contributed by atoms with Crippen LogP contribution in [0.3, 0.4) is 0 Å². The van der Waals surface area contributed by atoms with E-state index in [1.807, 2.05) is 24.3 Å². The van der Waals surface area contributed by atoms with Crippen LogP contribution in [0.25, 0.3) is 11.3 Å². The molecule has 4 N–H and O–H groups in total. The molecule has 2 heterocycles. The minimum Gasteiger partial charge on any atom is -1.00 e. The molecule has 0 atom stereocenters. The zero-order chi connectivity index (χ0) is 28.7. The van der Waals surface area contributed by atoms with Crippen LogP contribution in [-0.4, -0.2) is 43.8 Å². The molecule has 0 radical (unpaired) electrons. The molecule has 4 aromatic rings. The van der Waals surface area contributed by atoms with Crippen molar-refractivity contribution in [3.8, 4) is 22.8 Å². The van der Waals surface area contributed by atoms with Crippen molar-refractivity contribution >= 4 is 90.0 Å². The number of aromatic nitrogens is 2. The number of phenols is 2. The zero-order valence-electron chi connectivity index (χ0n) is 21.9. The average molecular weight is 866 g/mol. The Kier molecular flexibility index (Phi) is 33.6. The predicted octanol–water partition coefficient (Wildman–Crippen LogP) is 0.0295. The Balaban J connectivity index is -0.000000155. The maximum Gasteiger partial charge on any atom is 1.00 e. The van der Waals surface area contributed by atoms with Crippen molar-refractivity contribution in [1.29, 1.82) is 0 Å². The molecule has 17 heteroatoms. The number of halogens is 5. The molecular formula is C25H26BBr3Cl2K2N2O7. The van der Waals surface area contributed by atoms with E-state index in [0.717, 1.165) is 13.5 Å². The van der Waals surface area contributed by atoms with Gasteiger partial charge in [-0.15, -0.1) is 0 Å². The van der Waals surface area contributed by atoms with Crippen molar-refractivity contribution in [2.75, 3.05) is 0 Å². The van der Waals surface area contributed by atoms with Crippen LogP contribution in [0.2, 0.25) is 10.0 Å². The van der Waals surface area contributed by atoms with Gasteiger partial charge in [-0.05, 0) is 90.3 Å². The van der Waals surface area contributed by atoms with Gasteiger partial charge in [-0.2, -0.15) is 0 Å². The molecule has 0 bridgehead atoms. The summed E-state index contributed by atoms with van der Waals surface area (Å²) in [5, 5.41) is 45.1. The summed E-state index contributed by atoms with van der Waals surface area (Å²) in [6.45, 7) is -0.181. The topological polar surface area (TPSA) is 156 Å². The maximum atomic E-state index is 9.78. The van der Waals surface area contributed by atoms with E-state index in [9.17, 15) is 5.11 Å². The number of pyridine rings is 2. The summed E-state index contributed by atoms with van der Waals surface area (Å²) in [4.78, 5) is 19.4. The monoisotopic (exact) mass is 862 g/mol. The number of nitrogens with zero attached hydrogens (tertiary/aromatic N) is 2. The van der Waals surface area contributed by atoms with E-state index in [-0.39, 0.29) is 148 Å². The molecule has 0 aliphatic carbocycles. The van der Waals surface area contributed by atoms with Crippen LogP contribution < -0.4 is 113 Å². The van der Waals surface area contributed by atoms with Gasteiger partial charge in [0.25, 0.3) is 6.47 Å². The van der Waals surface area contributed by atoms with Gasteiger partial charge in [-0.3, -0.25) is 9.78 Å². The van der Waals surface area contributed by atoms with Gasteiger partial charge in [0.05, 0.1) is 20.2 Å². The van der Waals surface area contributed by atoms with Gasteiger partial charge in [-0.25, -0.2) is 4.98 Å². The van der Waals surface area contributed by atoms with Crippen molar-refractivity contribution < 1.29 is 139 Å². The van der Waals surface area contributed by atoms with Gasteiger partial charge in [0.1, 0.15) is 16.1 Å². The van der Waals surface area contributed by atoms with Crippen LogP contribution in [0.1, 0.15) is 16.3 Å². The van der Waals surface area contributed by atoms with E-state index in [0.29, 0.717) is 16.3 Å². The number of aromatic hydroxyl groups is 2. The van der Waals surface area contributed by atoms with Crippen LogP contribution in [0.15, 0.2) is 86.6 Å². The number of phenolic OH excluding ortho intramolecular Hbond substituents is 2. The molecule has 0 aliphatic rings. The van der Waals surface area contributed by atoms with Gasteiger partial charge in [0, 0.05) is 27.9 Å². The van der Waals surface area contributed by atoms with Crippen molar-refractivity contribution in [3.63, 3.8) is 0 Å². The summed E-state index contributed by atoms with van der Waals surface area (Å²) in [5.41, 5.74) is 1.31. The fraction of sp³-hybridized carbons (Fsp3) is 0.0800. The van der Waals surface area contributed by atoms with Crippen LogP contribution in [0, 0.1) is 0 Å². The number of benzene rings is 2. The van der Waals surface area contributed by atoms with Crippen molar-refractivity contribution in [1.82, 2.24) is 9.97 Å². The SMILES string of the molecule is Brc1cccnc1Br.C.C.O=CO[O-].OB(O)c1cccc(Cl)c1O.Oc1c(Cl)cccc1-c1ncccc1Br.[H-].[K+].[K+]. The van der Waals surface area contributed by atoms with Gasteiger partial charge in [0.15, 0.2) is 0 Å². The molecule has 0 spiro atoms. The molecular weight excluding hydrogens is 840 g/mol. The number of rotatable bonds is 3. The fourth-order valence-electron chi connectivity index (χ4n) is 2.40.